The number of allylic oxidation sites excluding steroid dienone is 1. The summed E-state index contributed by atoms with van der Waals surface area (Å²) in [6.07, 6.45) is 7.07. The molecular weight excluding hydrogens is 737 g/mol. The number of hydrogen-bond donors (Lipinski definition) is 3. The number of piperidine rings is 1. The van der Waals surface area contributed by atoms with Crippen LogP contribution in [0.3, 0.4) is 0 Å². The molecule has 3 N–H and O–H groups in total. The van der Waals surface area contributed by atoms with E-state index in [9.17, 15) is 9.59 Å². The van der Waals surface area contributed by atoms with Crippen LogP contribution in [0.1, 0.15) is 31.4 Å². The van der Waals surface area contributed by atoms with Crippen LogP contribution in [0.25, 0.3) is 33.4 Å². The number of dihydropyridines is 1. The van der Waals surface area contributed by atoms with E-state index in [1.165, 1.54) is 11.3 Å². The Bertz CT molecular complexity index is 2690. The molecule has 9 rings (SSSR count). The van der Waals surface area contributed by atoms with E-state index >= 15 is 0 Å². The van der Waals surface area contributed by atoms with Crippen molar-refractivity contribution in [3.05, 3.63) is 149 Å². The first-order valence-electron chi connectivity index (χ1n) is 20.1. The highest BCUT2D eigenvalue weighted by atomic mass is 16.2. The number of hydrogen-bond acceptors (Lipinski definition) is 9. The fourth-order valence-corrected chi connectivity index (χ4v) is 8.51. The Hall–Kier alpha value is -6.79. The highest BCUT2D eigenvalue weighted by Gasteiger charge is 2.31. The third-order valence-electron chi connectivity index (χ3n) is 11.8. The SMILES string of the molecule is C=C1CCC(n2c(=O)n(C)c3cc(-c4ccc(N5CCN(Cc6ccc(-c7cccc(NC8=NC9C(C(=C)C)=CN=C9C(NC)=C8)c7)nc6)CC5)cc4)ccc32)C(=O)N1. The van der Waals surface area contributed by atoms with Gasteiger partial charge in [-0.3, -0.25) is 33.8 Å². The molecule has 4 aliphatic rings. The number of carbonyl (C=O) groups is 1. The van der Waals surface area contributed by atoms with Gasteiger partial charge in [-0.25, -0.2) is 4.79 Å². The monoisotopic (exact) mass is 784 g/mol. The van der Waals surface area contributed by atoms with Gasteiger partial charge in [0.1, 0.15) is 17.9 Å². The van der Waals surface area contributed by atoms with E-state index < -0.39 is 6.04 Å². The van der Waals surface area contributed by atoms with Crippen LogP contribution in [-0.2, 0) is 18.4 Å². The van der Waals surface area contributed by atoms with E-state index in [1.54, 1.807) is 16.2 Å². The first-order chi connectivity index (χ1) is 28.6. The lowest BCUT2D eigenvalue weighted by Gasteiger charge is -2.36. The molecule has 1 amide bonds. The van der Waals surface area contributed by atoms with E-state index in [1.807, 2.05) is 62.8 Å². The minimum absolute atomic E-state index is 0.162. The summed E-state index contributed by atoms with van der Waals surface area (Å²) < 4.78 is 3.26. The number of nitrogens with zero attached hydrogens (tertiary/aromatic N) is 7. The molecule has 2 atom stereocenters. The van der Waals surface area contributed by atoms with Gasteiger partial charge >= 0.3 is 5.69 Å². The van der Waals surface area contributed by atoms with Gasteiger partial charge in [0.25, 0.3) is 0 Å². The molecule has 5 aromatic rings. The van der Waals surface area contributed by atoms with Gasteiger partial charge in [0.2, 0.25) is 5.91 Å². The fraction of sp³-hybridized carbons (Fsp3) is 0.255. The number of pyridine rings is 1. The van der Waals surface area contributed by atoms with E-state index in [-0.39, 0.29) is 17.6 Å². The Labute approximate surface area is 343 Å². The Morgan fingerprint density at radius 1 is 0.932 bits per heavy atom. The number of benzene rings is 3. The molecule has 59 heavy (non-hydrogen) atoms. The zero-order chi connectivity index (χ0) is 40.8. The molecule has 12 nitrogen and oxygen atoms in total. The zero-order valence-corrected chi connectivity index (χ0v) is 33.7. The number of aryl methyl sites for hydroxylation is 1. The third-order valence-corrected chi connectivity index (χ3v) is 11.8. The highest BCUT2D eigenvalue weighted by molar-refractivity contribution is 6.18. The maximum Gasteiger partial charge on any atom is 0.329 e. The normalized spacial score (nSPS) is 19.4. The van der Waals surface area contributed by atoms with Gasteiger partial charge in [-0.05, 0) is 78.9 Å². The van der Waals surface area contributed by atoms with Crippen LogP contribution in [0.2, 0.25) is 0 Å². The third kappa shape index (κ3) is 7.31. The van der Waals surface area contributed by atoms with Crippen LogP contribution in [0.4, 0.5) is 11.4 Å². The number of nitrogens with one attached hydrogen (secondary N) is 3. The Morgan fingerprint density at radius 2 is 1.73 bits per heavy atom. The second-order valence-electron chi connectivity index (χ2n) is 15.7. The predicted molar refractivity (Wildman–Crippen MR) is 238 cm³/mol. The van der Waals surface area contributed by atoms with Crippen molar-refractivity contribution in [1.29, 1.82) is 0 Å². The summed E-state index contributed by atoms with van der Waals surface area (Å²) in [5.74, 6) is 0.582. The molecule has 0 aliphatic carbocycles. The van der Waals surface area contributed by atoms with Crippen molar-refractivity contribution in [3.63, 3.8) is 0 Å². The van der Waals surface area contributed by atoms with Crippen LogP contribution < -0.4 is 26.5 Å². The minimum atomic E-state index is -0.544. The first-order valence-corrected chi connectivity index (χ1v) is 20.1. The predicted octanol–water partition coefficient (Wildman–Crippen LogP) is 6.57. The Morgan fingerprint density at radius 3 is 2.46 bits per heavy atom. The molecule has 2 aromatic heterocycles. The number of amides is 1. The lowest BCUT2D eigenvalue weighted by molar-refractivity contribution is -0.124. The van der Waals surface area contributed by atoms with E-state index in [4.69, 9.17) is 9.98 Å². The number of rotatable bonds is 9. The molecule has 2 unspecified atom stereocenters. The first kappa shape index (κ1) is 37.8. The molecule has 298 valence electrons. The molecule has 4 aliphatic heterocycles. The van der Waals surface area contributed by atoms with Gasteiger partial charge in [0.05, 0.1) is 28.1 Å². The molecule has 2 saturated heterocycles. The number of aliphatic imine (C=N–C) groups is 2. The average molecular weight is 785 g/mol. The largest absolute Gasteiger partial charge is 0.386 e. The van der Waals surface area contributed by atoms with Gasteiger partial charge in [-0.15, -0.1) is 0 Å². The summed E-state index contributed by atoms with van der Waals surface area (Å²) >= 11 is 0. The maximum atomic E-state index is 13.3. The van der Waals surface area contributed by atoms with Gasteiger partial charge in [-0.2, -0.15) is 0 Å². The maximum absolute atomic E-state index is 13.3. The second-order valence-corrected chi connectivity index (χ2v) is 15.7. The summed E-state index contributed by atoms with van der Waals surface area (Å²) in [5.41, 5.74) is 13.3. The summed E-state index contributed by atoms with van der Waals surface area (Å²) in [6.45, 7) is 14.6. The molecule has 0 spiro atoms. The van der Waals surface area contributed by atoms with Crippen molar-refractivity contribution < 1.29 is 4.79 Å². The smallest absolute Gasteiger partial charge is 0.329 e. The summed E-state index contributed by atoms with van der Waals surface area (Å²) in [4.78, 5) is 45.4. The van der Waals surface area contributed by atoms with Crippen molar-refractivity contribution in [1.82, 2.24) is 29.7 Å². The van der Waals surface area contributed by atoms with Gasteiger partial charge in [-0.1, -0.05) is 55.1 Å². The molecule has 2 fully saturated rings. The van der Waals surface area contributed by atoms with Gasteiger partial charge in [0, 0.05) is 93.5 Å². The van der Waals surface area contributed by atoms with Crippen LogP contribution in [0.15, 0.2) is 148 Å². The number of amidine groups is 1. The molecule has 3 aromatic carbocycles. The van der Waals surface area contributed by atoms with Crippen molar-refractivity contribution in [2.75, 3.05) is 43.4 Å². The Balaban J connectivity index is 0.805. The van der Waals surface area contributed by atoms with Gasteiger partial charge in [0.15, 0.2) is 0 Å². The molecule has 0 bridgehead atoms. The van der Waals surface area contributed by atoms with Crippen LogP contribution in [-0.4, -0.2) is 75.7 Å². The quantitative estimate of drug-likeness (QED) is 0.155. The number of imidazole rings is 1. The molecule has 6 heterocycles. The topological polar surface area (TPSA) is 124 Å². The van der Waals surface area contributed by atoms with Crippen LogP contribution in [0.5, 0.6) is 0 Å². The number of fused-ring (bicyclic) bond motifs is 2. The highest BCUT2D eigenvalue weighted by Crippen LogP contribution is 2.31. The standard InChI is InChI=1S/C47H48N10O2/c1-29(2)37-27-50-45-39(48-4)25-43(53-44(37)45)52-35-8-6-7-34(23-35)38-16-10-31(26-49-38)28-55-19-21-56(22-20-55)36-14-11-32(12-15-36)33-13-18-40-42(24-33)54(5)47(59)57(40)41-17-9-30(3)51-46(41)58/h6-8,10-16,18,23-27,41,44,48H,1,3,9,17,19-22,28H2,2,4-5H3,(H,51,58)(H,52,53). The minimum Gasteiger partial charge on any atom is -0.386 e. The summed E-state index contributed by atoms with van der Waals surface area (Å²) in [7, 11) is 3.67. The second kappa shape index (κ2) is 15.5. The number of carbonyl (C=O) groups excluding carboxylic acids is 1. The van der Waals surface area contributed by atoms with Crippen LogP contribution >= 0.6 is 0 Å². The van der Waals surface area contributed by atoms with Gasteiger partial charge < -0.3 is 20.9 Å². The van der Waals surface area contributed by atoms with Crippen molar-refractivity contribution in [3.8, 4) is 22.4 Å². The van der Waals surface area contributed by atoms with Crippen molar-refractivity contribution in [2.45, 2.75) is 38.4 Å². The zero-order valence-electron chi connectivity index (χ0n) is 33.7. The number of aromatic nitrogens is 3. The van der Waals surface area contributed by atoms with E-state index in [0.717, 1.165) is 100 Å². The summed E-state index contributed by atoms with van der Waals surface area (Å²) in [6, 6.07) is 26.5. The van der Waals surface area contributed by atoms with Crippen molar-refractivity contribution in [2.24, 2.45) is 17.0 Å². The lowest BCUT2D eigenvalue weighted by atomic mass is 9.96. The summed E-state index contributed by atoms with van der Waals surface area (Å²) in [5, 5.41) is 9.58. The number of piperazine rings is 1. The van der Waals surface area contributed by atoms with Crippen LogP contribution in [0, 0.1) is 0 Å². The van der Waals surface area contributed by atoms with E-state index in [2.05, 4.69) is 92.4 Å². The molecule has 0 saturated carbocycles. The number of anilines is 2. The molecule has 12 heteroatoms. The fourth-order valence-electron chi connectivity index (χ4n) is 8.51. The Kier molecular flexibility index (Phi) is 9.93. The van der Waals surface area contributed by atoms with E-state index in [0.29, 0.717) is 18.5 Å². The van der Waals surface area contributed by atoms with Crippen molar-refractivity contribution >= 4 is 39.9 Å². The molecular formula is C47H48N10O2. The lowest BCUT2D eigenvalue weighted by Crippen LogP contribution is -2.45. The molecule has 0 radical (unpaired) electrons. The average Bonchev–Trinajstić information content (AvgIpc) is 3.79.